The summed E-state index contributed by atoms with van der Waals surface area (Å²) in [7, 11) is 1.31. The number of anilines is 1. The maximum atomic E-state index is 12.7. The Kier molecular flexibility index (Phi) is 5.79. The fourth-order valence-electron chi connectivity index (χ4n) is 3.07. The summed E-state index contributed by atoms with van der Waals surface area (Å²) in [5.74, 6) is -0.733. The number of nitro benzene ring substituents is 1. The van der Waals surface area contributed by atoms with Crippen molar-refractivity contribution in [1.82, 2.24) is 4.90 Å². The van der Waals surface area contributed by atoms with Gasteiger partial charge in [0.25, 0.3) is 11.8 Å². The zero-order valence-corrected chi connectivity index (χ0v) is 15.9. The van der Waals surface area contributed by atoms with Crippen LogP contribution >= 0.6 is 11.6 Å². The Balaban J connectivity index is 1.90. The number of nitro groups is 1. The molecule has 1 N–H and O–H groups in total. The molecule has 2 amide bonds. The highest BCUT2D eigenvalue weighted by Gasteiger charge is 2.24. The molecule has 0 aromatic heterocycles. The first kappa shape index (κ1) is 19.6. The molecule has 0 atom stereocenters. The number of carbonyl (C=O) groups is 2. The number of hydrogen-bond donors (Lipinski definition) is 1. The molecule has 1 aliphatic rings. The number of likely N-dealkylation sites (tertiary alicyclic amines) is 1. The zero-order chi connectivity index (χ0) is 20.3. The van der Waals surface area contributed by atoms with Crippen LogP contribution in [-0.2, 0) is 0 Å². The van der Waals surface area contributed by atoms with E-state index in [0.29, 0.717) is 23.7 Å². The highest BCUT2D eigenvalue weighted by molar-refractivity contribution is 6.31. The molecule has 1 fully saturated rings. The fraction of sp³-hybridized carbons (Fsp3) is 0.263. The summed E-state index contributed by atoms with van der Waals surface area (Å²) in [6, 6.07) is 8.52. The van der Waals surface area contributed by atoms with Crippen LogP contribution in [0.15, 0.2) is 36.4 Å². The van der Waals surface area contributed by atoms with Gasteiger partial charge in [0, 0.05) is 29.7 Å². The summed E-state index contributed by atoms with van der Waals surface area (Å²) in [5, 5.41) is 14.2. The van der Waals surface area contributed by atoms with E-state index in [1.54, 1.807) is 17.0 Å². The first-order chi connectivity index (χ1) is 13.4. The molecule has 0 unspecified atom stereocenters. The summed E-state index contributed by atoms with van der Waals surface area (Å²) in [5.41, 5.74) is 0.317. The van der Waals surface area contributed by atoms with E-state index in [-0.39, 0.29) is 28.6 Å². The second-order valence-electron chi connectivity index (χ2n) is 6.29. The molecule has 1 saturated heterocycles. The van der Waals surface area contributed by atoms with Gasteiger partial charge < -0.3 is 15.0 Å². The van der Waals surface area contributed by atoms with Crippen LogP contribution in [0.5, 0.6) is 5.75 Å². The van der Waals surface area contributed by atoms with Crippen LogP contribution in [0.25, 0.3) is 0 Å². The van der Waals surface area contributed by atoms with E-state index in [4.69, 9.17) is 16.3 Å². The van der Waals surface area contributed by atoms with Crippen LogP contribution < -0.4 is 10.1 Å². The number of nitrogens with zero attached hydrogens (tertiary/aromatic N) is 2. The van der Waals surface area contributed by atoms with E-state index in [1.807, 2.05) is 0 Å². The van der Waals surface area contributed by atoms with Crippen molar-refractivity contribution in [3.63, 3.8) is 0 Å². The number of methoxy groups -OCH3 is 1. The Bertz CT molecular complexity index is 941. The van der Waals surface area contributed by atoms with Crippen LogP contribution in [0.4, 0.5) is 11.4 Å². The number of halogens is 1. The predicted molar refractivity (Wildman–Crippen MR) is 104 cm³/mol. The van der Waals surface area contributed by atoms with Gasteiger partial charge in [-0.05, 0) is 43.2 Å². The lowest BCUT2D eigenvalue weighted by Gasteiger charge is -2.18. The number of rotatable bonds is 5. The highest BCUT2D eigenvalue weighted by Crippen LogP contribution is 2.29. The van der Waals surface area contributed by atoms with Crippen LogP contribution in [0.3, 0.4) is 0 Å². The van der Waals surface area contributed by atoms with Crippen molar-refractivity contribution in [3.05, 3.63) is 62.7 Å². The Morgan fingerprint density at radius 3 is 2.54 bits per heavy atom. The minimum absolute atomic E-state index is 0.0502. The zero-order valence-electron chi connectivity index (χ0n) is 15.1. The fourth-order valence-corrected chi connectivity index (χ4v) is 3.24. The van der Waals surface area contributed by atoms with Crippen LogP contribution in [0.1, 0.15) is 33.6 Å². The lowest BCUT2D eigenvalue weighted by Crippen LogP contribution is -2.28. The monoisotopic (exact) mass is 403 g/mol. The maximum absolute atomic E-state index is 12.7. The van der Waals surface area contributed by atoms with Crippen LogP contribution in [0.2, 0.25) is 5.02 Å². The van der Waals surface area contributed by atoms with Crippen molar-refractivity contribution in [1.29, 1.82) is 0 Å². The molecule has 1 heterocycles. The summed E-state index contributed by atoms with van der Waals surface area (Å²) < 4.78 is 4.94. The number of benzene rings is 2. The molecular weight excluding hydrogens is 386 g/mol. The first-order valence-corrected chi connectivity index (χ1v) is 9.01. The molecular formula is C19H18ClN3O5. The molecule has 0 spiro atoms. The number of ether oxygens (including phenoxy) is 1. The molecule has 0 bridgehead atoms. The summed E-state index contributed by atoms with van der Waals surface area (Å²) in [6.45, 7) is 1.33. The second kappa shape index (κ2) is 8.26. The maximum Gasteiger partial charge on any atom is 0.311 e. The van der Waals surface area contributed by atoms with Gasteiger partial charge in [-0.25, -0.2) is 0 Å². The molecule has 2 aromatic carbocycles. The lowest BCUT2D eigenvalue weighted by molar-refractivity contribution is -0.385. The minimum Gasteiger partial charge on any atom is -0.490 e. The van der Waals surface area contributed by atoms with Gasteiger partial charge >= 0.3 is 5.69 Å². The van der Waals surface area contributed by atoms with E-state index in [2.05, 4.69) is 5.32 Å². The minimum atomic E-state index is -0.628. The lowest BCUT2D eigenvalue weighted by atomic mass is 10.1. The predicted octanol–water partition coefficient (Wildman–Crippen LogP) is 3.75. The number of hydrogen-bond acceptors (Lipinski definition) is 5. The SMILES string of the molecule is COc1ccc(C(=O)Nc2cc(Cl)ccc2C(=O)N2CCCC2)cc1[N+](=O)[O-]. The molecule has 0 aliphatic carbocycles. The molecule has 2 aromatic rings. The van der Waals surface area contributed by atoms with Gasteiger partial charge in [0.1, 0.15) is 0 Å². The molecule has 3 rings (SSSR count). The second-order valence-corrected chi connectivity index (χ2v) is 6.72. The molecule has 9 heteroatoms. The Hall–Kier alpha value is -3.13. The van der Waals surface area contributed by atoms with Gasteiger partial charge in [-0.3, -0.25) is 19.7 Å². The third-order valence-electron chi connectivity index (χ3n) is 4.49. The van der Waals surface area contributed by atoms with E-state index in [1.165, 1.54) is 25.3 Å². The smallest absolute Gasteiger partial charge is 0.311 e. The number of amides is 2. The third-order valence-corrected chi connectivity index (χ3v) is 4.73. The highest BCUT2D eigenvalue weighted by atomic mass is 35.5. The topological polar surface area (TPSA) is 102 Å². The van der Waals surface area contributed by atoms with Crippen molar-refractivity contribution < 1.29 is 19.2 Å². The van der Waals surface area contributed by atoms with Gasteiger partial charge in [-0.15, -0.1) is 0 Å². The summed E-state index contributed by atoms with van der Waals surface area (Å²) in [6.07, 6.45) is 1.88. The van der Waals surface area contributed by atoms with Gasteiger partial charge in [-0.1, -0.05) is 11.6 Å². The van der Waals surface area contributed by atoms with Crippen molar-refractivity contribution in [2.45, 2.75) is 12.8 Å². The summed E-state index contributed by atoms with van der Waals surface area (Å²) in [4.78, 5) is 37.7. The normalized spacial score (nSPS) is 13.3. The molecule has 28 heavy (non-hydrogen) atoms. The van der Waals surface area contributed by atoms with Crippen LogP contribution in [0, 0.1) is 10.1 Å². The quantitative estimate of drug-likeness (QED) is 0.605. The van der Waals surface area contributed by atoms with E-state index < -0.39 is 10.8 Å². The molecule has 8 nitrogen and oxygen atoms in total. The van der Waals surface area contributed by atoms with Gasteiger partial charge in [0.05, 0.1) is 23.3 Å². The Morgan fingerprint density at radius 1 is 1.18 bits per heavy atom. The van der Waals surface area contributed by atoms with Crippen LogP contribution in [-0.4, -0.2) is 41.8 Å². The Labute approximate surface area is 166 Å². The van der Waals surface area contributed by atoms with Crippen molar-refractivity contribution >= 4 is 34.8 Å². The Morgan fingerprint density at radius 2 is 1.89 bits per heavy atom. The van der Waals surface area contributed by atoms with Crippen molar-refractivity contribution in [2.75, 3.05) is 25.5 Å². The third kappa shape index (κ3) is 4.07. The average molecular weight is 404 g/mol. The van der Waals surface area contributed by atoms with E-state index in [0.717, 1.165) is 18.9 Å². The van der Waals surface area contributed by atoms with Gasteiger partial charge in [0.2, 0.25) is 0 Å². The van der Waals surface area contributed by atoms with Gasteiger partial charge in [0.15, 0.2) is 5.75 Å². The molecule has 146 valence electrons. The molecule has 0 radical (unpaired) electrons. The van der Waals surface area contributed by atoms with Crippen molar-refractivity contribution in [2.24, 2.45) is 0 Å². The first-order valence-electron chi connectivity index (χ1n) is 8.63. The largest absolute Gasteiger partial charge is 0.490 e. The number of carbonyl (C=O) groups excluding carboxylic acids is 2. The van der Waals surface area contributed by atoms with Crippen molar-refractivity contribution in [3.8, 4) is 5.75 Å². The average Bonchev–Trinajstić information content (AvgIpc) is 3.21. The van der Waals surface area contributed by atoms with E-state index in [9.17, 15) is 19.7 Å². The summed E-state index contributed by atoms with van der Waals surface area (Å²) >= 11 is 6.03. The standard InChI is InChI=1S/C19H18ClN3O5/c1-28-17-7-4-12(10-16(17)23(26)27)18(24)21-15-11-13(20)5-6-14(15)19(25)22-8-2-3-9-22/h4-7,10-11H,2-3,8-9H2,1H3,(H,21,24). The van der Waals surface area contributed by atoms with E-state index >= 15 is 0 Å². The van der Waals surface area contributed by atoms with Gasteiger partial charge in [-0.2, -0.15) is 0 Å². The number of nitrogens with one attached hydrogen (secondary N) is 1. The molecule has 0 saturated carbocycles. The molecule has 1 aliphatic heterocycles.